The Bertz CT molecular complexity index is 4890. The first-order valence-corrected chi connectivity index (χ1v) is 41.1. The van der Waals surface area contributed by atoms with E-state index in [1.165, 1.54) is 11.7 Å². The van der Waals surface area contributed by atoms with Crippen molar-refractivity contribution in [2.75, 3.05) is 81.4 Å². The monoisotopic (exact) mass is 1910 g/mol. The zero-order valence-electron chi connectivity index (χ0n) is 79.0. The van der Waals surface area contributed by atoms with Crippen LogP contribution in [0.4, 0.5) is 0 Å². The molecule has 0 spiro atoms. The fourth-order valence-electron chi connectivity index (χ4n) is 10.6. The summed E-state index contributed by atoms with van der Waals surface area (Å²) in [6, 6.07) is 32.6. The first-order chi connectivity index (χ1) is 61.3. The Morgan fingerprint density at radius 1 is 0.530 bits per heavy atom. The number of carbonyl (C=O) groups excluding carboxylic acids is 7. The number of hydrogen-bond donors (Lipinski definition) is 6. The molecule has 683 valence electrons. The number of benzene rings is 6. The van der Waals surface area contributed by atoms with E-state index in [1.807, 2.05) is 175 Å². The number of carbonyl (C=O) groups is 6. The fraction of sp³-hybridized carbons (Fsp3) is 0.410. The van der Waals surface area contributed by atoms with Crippen LogP contribution in [0.2, 0.25) is 0 Å². The Kier molecular flexibility index (Phi) is 102. The number of para-hydroxylation sites is 5. The van der Waals surface area contributed by atoms with Gasteiger partial charge in [0.25, 0.3) is 5.91 Å². The molecule has 0 unspecified atom stereocenters. The number of amides is 1. The Balaban J connectivity index is -0.000000125. The number of aromatic nitrogens is 10. The zero-order chi connectivity index (χ0) is 97.7. The number of nitrogens with one attached hydrogen (secondary N) is 2. The first kappa shape index (κ1) is 149. The van der Waals surface area contributed by atoms with E-state index >= 15 is 0 Å². The molecule has 7 heterocycles. The molecule has 2 aliphatic heterocycles. The fourth-order valence-corrected chi connectivity index (χ4v) is 10.6. The van der Waals surface area contributed by atoms with Crippen LogP contribution in [0.3, 0.4) is 0 Å². The van der Waals surface area contributed by atoms with Gasteiger partial charge in [-0.1, -0.05) is 178 Å². The number of Topliss-reactive ketones (excluding diaryl/α,β-unsaturated/α-hetero) is 4. The maximum atomic E-state index is 12.0. The predicted molar refractivity (Wildman–Crippen MR) is 584 cm³/mol. The largest absolute Gasteiger partial charge is 1.00 e. The smallest absolute Gasteiger partial charge is 0.870 e. The van der Waals surface area contributed by atoms with Crippen molar-refractivity contribution in [1.29, 1.82) is 0 Å². The summed E-state index contributed by atoms with van der Waals surface area (Å²) in [5.41, 5.74) is 9.09. The Morgan fingerprint density at radius 2 is 0.851 bits per heavy atom. The predicted octanol–water partition coefficient (Wildman–Crippen LogP) is 2.06. The molecule has 0 atom stereocenters. The number of rotatable bonds is 23. The van der Waals surface area contributed by atoms with E-state index < -0.39 is 58.3 Å². The van der Waals surface area contributed by atoms with Gasteiger partial charge < -0.3 is 65.2 Å². The molecule has 0 bridgehead atoms. The second-order valence-corrected chi connectivity index (χ2v) is 23.9. The number of hydrogen-bond acceptors (Lipinski definition) is 22. The minimum absolute atomic E-state index is 0. The van der Waals surface area contributed by atoms with Crippen LogP contribution in [-0.4, -0.2) is 372 Å². The van der Waals surface area contributed by atoms with Crippen molar-refractivity contribution in [2.45, 2.75) is 151 Å². The van der Waals surface area contributed by atoms with Crippen molar-refractivity contribution < 1.29 is 89.2 Å². The summed E-state index contributed by atoms with van der Waals surface area (Å²) < 4.78 is 18.9. The van der Waals surface area contributed by atoms with Gasteiger partial charge in [0.05, 0.1) is 91.4 Å². The van der Waals surface area contributed by atoms with Crippen LogP contribution < -0.4 is 29.5 Å². The SMILES string of the molecule is C.C.C.CC.CC.CC.CC.CC.CC.CN1CCn2ncc3cccc(c32)C1=O.CNCCn1ncc2cccc(C(=O)CO)c21.CNCCn1ncc2cccc([C-]=O)c21.COC(Cn1ncc2cccc(C(=O)CO)c21)OC.I.O=C(CO)c1cccc2c1CN=C2.O=CCn1ncc2cccc(C(=O)CO)c21.[B].[B]B([B])B([B])[B].[B]B([B])[B].[B][B].[B][B]B([B])[B].[B][B][B].[HH].[Li+].[OH-]. The molecule has 2 aliphatic rings. The Labute approximate surface area is 852 Å². The molecule has 28 nitrogen and oxygen atoms in total. The van der Waals surface area contributed by atoms with Crippen molar-refractivity contribution in [1.82, 2.24) is 64.4 Å². The van der Waals surface area contributed by atoms with Gasteiger partial charge in [-0.25, -0.2) is 0 Å². The maximum absolute atomic E-state index is 12.0. The van der Waals surface area contributed by atoms with Crippen LogP contribution in [0.25, 0.3) is 54.5 Å². The number of aldehydes is 1. The van der Waals surface area contributed by atoms with Gasteiger partial charge in [-0.2, -0.15) is 31.6 Å². The van der Waals surface area contributed by atoms with Crippen molar-refractivity contribution in [3.63, 3.8) is 0 Å². The van der Waals surface area contributed by atoms with Crippen molar-refractivity contribution in [3.8, 4) is 0 Å². The number of aliphatic imine (C=N–C) groups is 1. The molecular formula is C83H125B21ILiN14O14-. The Hall–Kier alpha value is -7.84. The molecule has 0 aliphatic carbocycles. The molecule has 134 heavy (non-hydrogen) atoms. The average molecular weight is 1900 g/mol. The standard InChI is InChI=1S/C13H16N2O4.C12H15N3O2.C11H11N3O.C11H12N3O.C11H10N2O3.C10H9NO2.6C2H6.3CH4.B6.B5.B4.B3.B2.B.HI.Li.H2O.H2/c1-18-12(19-2)7-15-13-9(6-14-15)4-3-5-10(13)11(17)8-16;1-13-5-6-15-12-9(7-14-15)3-2-4-10(12)11(17)8-16;1-13-5-6-14-10-8(7-12-14)3-2-4-9(10)11(13)15;1-12-5-6-14-11-9(7-13-14)3-2-4-10(11)8-15;14-5-4-13-11-8(6-12-13)2-1-3-9(11)10(16)7-15;12-6-10(13)8-3-1-2-7-4-11-5-9(7)8;6*1-2;;;;1-5(2)6(3)4;1-4-5(2)3;1-4(2)3;1-3-2;1-2;;;;;/h3-6,12,16H,7-8H2,1-2H3;2-4,7,13,16H,5-6,8H2,1H3;2-4,7H,5-6H2,1H3;2-4,7,12H,5-6H2,1H3;1-3,5-6,15H,4,7H2;1-4,12H,5-6H2;6*1-2H3;3*1H4;;;;;;;1H;;1H2;1H/q;;;-1;;;;;;;;;;;;;;;;;;;+1;;/p-1. The number of ether oxygens (including phenoxy) is 2. The van der Waals surface area contributed by atoms with Crippen LogP contribution in [0.5, 0.6) is 0 Å². The quantitative estimate of drug-likeness (QED) is 0.0133. The molecule has 0 fully saturated rings. The number of aliphatic hydroxyl groups is 4. The van der Waals surface area contributed by atoms with Gasteiger partial charge in [-0.15, -0.1) is 35.6 Å². The summed E-state index contributed by atoms with van der Waals surface area (Å²) in [7, 11) is 76.3. The summed E-state index contributed by atoms with van der Waals surface area (Å²) in [5.74, 6) is -1.14. The molecular weight excluding hydrogens is 1780 g/mol. The number of halogens is 1. The molecule has 11 aromatic rings. The molecule has 6 aromatic carbocycles. The van der Waals surface area contributed by atoms with Crippen LogP contribution >= 0.6 is 24.0 Å². The van der Waals surface area contributed by atoms with E-state index in [-0.39, 0.29) is 116 Å². The van der Waals surface area contributed by atoms with E-state index in [9.17, 15) is 33.6 Å². The summed E-state index contributed by atoms with van der Waals surface area (Å²) in [4.78, 5) is 85.2. The van der Waals surface area contributed by atoms with Crippen LogP contribution in [0.1, 0.15) is 175 Å². The Morgan fingerprint density at radius 3 is 1.22 bits per heavy atom. The molecule has 5 aromatic heterocycles. The average Bonchev–Trinajstić information content (AvgIpc) is 1.63. The van der Waals surface area contributed by atoms with Gasteiger partial charge in [0.2, 0.25) is 0 Å². The van der Waals surface area contributed by atoms with Gasteiger partial charge in [-0.3, -0.25) is 47.7 Å². The molecule has 33 radical (unpaired) electrons. The van der Waals surface area contributed by atoms with Crippen molar-refractivity contribution >= 4 is 283 Å². The van der Waals surface area contributed by atoms with Crippen LogP contribution in [-0.2, 0) is 58.3 Å². The third-order valence-corrected chi connectivity index (χ3v) is 16.0. The van der Waals surface area contributed by atoms with E-state index in [0.717, 1.165) is 93.4 Å². The van der Waals surface area contributed by atoms with Crippen LogP contribution in [0.15, 0.2) is 145 Å². The third-order valence-electron chi connectivity index (χ3n) is 16.0. The number of fused-ring (bicyclic) bond motifs is 5. The minimum Gasteiger partial charge on any atom is -0.870 e. The molecule has 51 heteroatoms. The third kappa shape index (κ3) is 51.5. The second kappa shape index (κ2) is 91.6. The molecule has 1 amide bonds. The number of likely N-dealkylation sites (N-methyl/N-ethyl adjacent to an activating group) is 3. The van der Waals surface area contributed by atoms with Gasteiger partial charge in [-0.05, 0) is 60.4 Å². The normalized spacial score (nSPS) is 9.63. The summed E-state index contributed by atoms with van der Waals surface area (Å²) in [6.45, 7) is 27.5. The topological polar surface area (TPSA) is 378 Å². The maximum Gasteiger partial charge on any atom is 1.00 e. The van der Waals surface area contributed by atoms with E-state index in [4.69, 9.17) is 84.1 Å². The summed E-state index contributed by atoms with van der Waals surface area (Å²) >= 11 is 0. The molecule has 0 saturated heterocycles. The number of ketones is 4. The van der Waals surface area contributed by atoms with Gasteiger partial charge in [0.1, 0.15) is 32.7 Å². The minimum atomic E-state index is -0.667. The van der Waals surface area contributed by atoms with Crippen LogP contribution in [0, 0.1) is 0 Å². The van der Waals surface area contributed by atoms with Gasteiger partial charge in [0, 0.05) is 261 Å². The van der Waals surface area contributed by atoms with E-state index in [0.29, 0.717) is 71.3 Å². The van der Waals surface area contributed by atoms with Gasteiger partial charge in [0.15, 0.2) is 29.4 Å². The number of methoxy groups -OCH3 is 2. The van der Waals surface area contributed by atoms with E-state index in [2.05, 4.69) is 95.3 Å². The summed E-state index contributed by atoms with van der Waals surface area (Å²) in [6.07, 6.45) is 10.2. The summed E-state index contributed by atoms with van der Waals surface area (Å²) in [5, 5.41) is 67.2. The zero-order valence-corrected chi connectivity index (χ0v) is 81.3. The first-order valence-electron chi connectivity index (χ1n) is 41.1. The van der Waals surface area contributed by atoms with Gasteiger partial charge >= 0.3 is 18.9 Å². The van der Waals surface area contributed by atoms with Crippen molar-refractivity contribution in [3.05, 3.63) is 185 Å². The molecule has 7 N–H and O–H groups in total. The molecule has 0 saturated carbocycles. The molecule has 13 rings (SSSR count). The second-order valence-electron chi connectivity index (χ2n) is 23.9. The van der Waals surface area contributed by atoms with Crippen molar-refractivity contribution in [2.24, 2.45) is 4.99 Å². The number of aliphatic hydroxyl groups excluding tert-OH is 4. The van der Waals surface area contributed by atoms with E-state index in [1.54, 1.807) is 120 Å². The number of nitrogens with zero attached hydrogens (tertiary/aromatic N) is 12.